The van der Waals surface area contributed by atoms with E-state index >= 15 is 0 Å². The van der Waals surface area contributed by atoms with Gasteiger partial charge in [-0.1, -0.05) is 0 Å². The van der Waals surface area contributed by atoms with E-state index in [1.165, 1.54) is 0 Å². The zero-order chi connectivity index (χ0) is 20.5. The number of methoxy groups -OCH3 is 1. The molecule has 0 atom stereocenters. The number of hydrogen-bond donors (Lipinski definition) is 3. The first kappa shape index (κ1) is 20.2. The van der Waals surface area contributed by atoms with Gasteiger partial charge in [-0.25, -0.2) is 4.98 Å². The molecule has 0 radical (unpaired) electrons. The molecule has 2 aromatic heterocycles. The summed E-state index contributed by atoms with van der Waals surface area (Å²) in [6.45, 7) is 5.79. The highest BCUT2D eigenvalue weighted by Crippen LogP contribution is 2.30. The Morgan fingerprint density at radius 1 is 1.24 bits per heavy atom. The van der Waals surface area contributed by atoms with E-state index in [1.54, 1.807) is 19.4 Å². The number of rotatable bonds is 9. The van der Waals surface area contributed by atoms with Crippen molar-refractivity contribution in [1.29, 1.82) is 0 Å². The van der Waals surface area contributed by atoms with Crippen LogP contribution in [0.2, 0.25) is 0 Å². The Balaban J connectivity index is 1.63. The molecule has 0 aliphatic rings. The average Bonchev–Trinajstić information content (AvgIpc) is 3.40. The summed E-state index contributed by atoms with van der Waals surface area (Å²) < 4.78 is 16.3. The van der Waals surface area contributed by atoms with Crippen molar-refractivity contribution in [2.75, 3.05) is 32.1 Å². The van der Waals surface area contributed by atoms with Crippen molar-refractivity contribution in [2.24, 2.45) is 4.99 Å². The van der Waals surface area contributed by atoms with Crippen molar-refractivity contribution in [3.05, 3.63) is 42.4 Å². The number of nitrogens with one attached hydrogen (secondary N) is 3. The van der Waals surface area contributed by atoms with E-state index in [2.05, 4.69) is 30.8 Å². The van der Waals surface area contributed by atoms with Crippen molar-refractivity contribution >= 4 is 11.6 Å². The molecule has 1 aromatic carbocycles. The highest BCUT2D eigenvalue weighted by atomic mass is 16.5. The Hall–Kier alpha value is -3.49. The van der Waals surface area contributed by atoms with Crippen LogP contribution in [0.5, 0.6) is 11.5 Å². The molecular formula is C20H26N6O3. The van der Waals surface area contributed by atoms with Crippen molar-refractivity contribution in [3.8, 4) is 23.1 Å². The third-order valence-corrected chi connectivity index (χ3v) is 3.96. The first-order valence-electron chi connectivity index (χ1n) is 9.54. The minimum absolute atomic E-state index is 0.538. The van der Waals surface area contributed by atoms with Crippen LogP contribution in [0.3, 0.4) is 0 Å². The predicted octanol–water partition coefficient (Wildman–Crippen LogP) is 3.09. The van der Waals surface area contributed by atoms with Gasteiger partial charge in [0.05, 0.1) is 20.0 Å². The van der Waals surface area contributed by atoms with E-state index in [-0.39, 0.29) is 0 Å². The zero-order valence-electron chi connectivity index (χ0n) is 16.9. The second-order valence-electron chi connectivity index (χ2n) is 6.02. The Morgan fingerprint density at radius 2 is 2.14 bits per heavy atom. The number of aromatic nitrogens is 3. The van der Waals surface area contributed by atoms with Crippen LogP contribution in [0.1, 0.15) is 19.7 Å². The maximum absolute atomic E-state index is 5.63. The molecule has 0 saturated carbocycles. The molecule has 0 bridgehead atoms. The SMILES string of the molecule is CCNC(=NCCc1nc(-c2ccco2)n[nH]1)Nc1ccc(OC)c(OCC)c1. The number of aromatic amines is 1. The maximum atomic E-state index is 5.63. The third-order valence-electron chi connectivity index (χ3n) is 3.96. The molecule has 9 heteroatoms. The van der Waals surface area contributed by atoms with Crippen molar-refractivity contribution in [3.63, 3.8) is 0 Å². The van der Waals surface area contributed by atoms with E-state index in [9.17, 15) is 0 Å². The Labute approximate surface area is 169 Å². The number of ether oxygens (including phenoxy) is 2. The molecule has 3 N–H and O–H groups in total. The van der Waals surface area contributed by atoms with Gasteiger partial charge in [0.2, 0.25) is 5.82 Å². The molecule has 2 heterocycles. The average molecular weight is 398 g/mol. The van der Waals surface area contributed by atoms with E-state index in [1.807, 2.05) is 38.1 Å². The molecule has 0 fully saturated rings. The van der Waals surface area contributed by atoms with Gasteiger partial charge in [0, 0.05) is 31.3 Å². The molecule has 0 spiro atoms. The maximum Gasteiger partial charge on any atom is 0.216 e. The van der Waals surface area contributed by atoms with Crippen LogP contribution in [-0.4, -0.2) is 47.9 Å². The van der Waals surface area contributed by atoms with Crippen LogP contribution in [0.15, 0.2) is 46.0 Å². The van der Waals surface area contributed by atoms with Crippen LogP contribution in [0.4, 0.5) is 5.69 Å². The first-order valence-corrected chi connectivity index (χ1v) is 9.54. The normalized spacial score (nSPS) is 11.3. The monoisotopic (exact) mass is 398 g/mol. The fraction of sp³-hybridized carbons (Fsp3) is 0.350. The van der Waals surface area contributed by atoms with Crippen LogP contribution in [-0.2, 0) is 6.42 Å². The molecule has 0 saturated heterocycles. The summed E-state index contributed by atoms with van der Waals surface area (Å²) >= 11 is 0. The fourth-order valence-corrected chi connectivity index (χ4v) is 2.66. The summed E-state index contributed by atoms with van der Waals surface area (Å²) in [4.78, 5) is 9.04. The zero-order valence-corrected chi connectivity index (χ0v) is 16.9. The Kier molecular flexibility index (Phi) is 7.10. The minimum Gasteiger partial charge on any atom is -0.493 e. The van der Waals surface area contributed by atoms with Crippen molar-refractivity contribution in [1.82, 2.24) is 20.5 Å². The molecule has 0 aliphatic carbocycles. The van der Waals surface area contributed by atoms with Gasteiger partial charge in [-0.2, -0.15) is 5.10 Å². The quantitative estimate of drug-likeness (QED) is 0.375. The molecule has 154 valence electrons. The van der Waals surface area contributed by atoms with Gasteiger partial charge < -0.3 is 24.5 Å². The van der Waals surface area contributed by atoms with Gasteiger partial charge in [0.1, 0.15) is 5.82 Å². The number of benzene rings is 1. The minimum atomic E-state index is 0.538. The van der Waals surface area contributed by atoms with Crippen molar-refractivity contribution < 1.29 is 13.9 Å². The van der Waals surface area contributed by atoms with E-state index in [0.717, 1.165) is 18.1 Å². The summed E-state index contributed by atoms with van der Waals surface area (Å²) in [5.74, 6) is 3.97. The van der Waals surface area contributed by atoms with Gasteiger partial charge in [-0.3, -0.25) is 10.1 Å². The van der Waals surface area contributed by atoms with Gasteiger partial charge in [-0.05, 0) is 38.1 Å². The number of guanidine groups is 1. The summed E-state index contributed by atoms with van der Waals surface area (Å²) in [5, 5.41) is 13.6. The van der Waals surface area contributed by atoms with Gasteiger partial charge in [0.25, 0.3) is 0 Å². The van der Waals surface area contributed by atoms with E-state index in [0.29, 0.717) is 48.6 Å². The second-order valence-corrected chi connectivity index (χ2v) is 6.02. The highest BCUT2D eigenvalue weighted by molar-refractivity contribution is 5.93. The highest BCUT2D eigenvalue weighted by Gasteiger charge is 2.09. The summed E-state index contributed by atoms with van der Waals surface area (Å²) in [5.41, 5.74) is 0.855. The lowest BCUT2D eigenvalue weighted by Crippen LogP contribution is -2.31. The fourth-order valence-electron chi connectivity index (χ4n) is 2.66. The lowest BCUT2D eigenvalue weighted by Gasteiger charge is -2.14. The molecule has 29 heavy (non-hydrogen) atoms. The molecule has 0 aliphatic heterocycles. The molecule has 3 aromatic rings. The van der Waals surface area contributed by atoms with Gasteiger partial charge in [0.15, 0.2) is 23.2 Å². The molecule has 0 unspecified atom stereocenters. The second kappa shape index (κ2) is 10.2. The van der Waals surface area contributed by atoms with Crippen LogP contribution in [0, 0.1) is 0 Å². The van der Waals surface area contributed by atoms with Crippen LogP contribution >= 0.6 is 0 Å². The molecule has 3 rings (SSSR count). The van der Waals surface area contributed by atoms with Crippen LogP contribution in [0.25, 0.3) is 11.6 Å². The summed E-state index contributed by atoms with van der Waals surface area (Å²) in [6.07, 6.45) is 2.22. The number of hydrogen-bond acceptors (Lipinski definition) is 6. The van der Waals surface area contributed by atoms with Gasteiger partial charge in [-0.15, -0.1) is 0 Å². The number of aliphatic imine (C=N–C) groups is 1. The summed E-state index contributed by atoms with van der Waals surface area (Å²) in [6, 6.07) is 9.30. The standard InChI is InChI=1S/C20H26N6O3/c1-4-21-20(23-14-8-9-15(27-3)17(13-14)28-5-2)22-11-10-18-24-19(26-25-18)16-7-6-12-29-16/h6-9,12-13H,4-5,10-11H2,1-3H3,(H2,21,22,23)(H,24,25,26). The number of nitrogens with zero attached hydrogens (tertiary/aromatic N) is 3. The Morgan fingerprint density at radius 3 is 2.86 bits per heavy atom. The lowest BCUT2D eigenvalue weighted by atomic mass is 10.2. The molecule has 9 nitrogen and oxygen atoms in total. The van der Waals surface area contributed by atoms with Gasteiger partial charge >= 0.3 is 0 Å². The Bertz CT molecular complexity index is 920. The van der Waals surface area contributed by atoms with Crippen molar-refractivity contribution in [2.45, 2.75) is 20.3 Å². The molecule has 0 amide bonds. The number of furan rings is 1. The predicted molar refractivity (Wildman–Crippen MR) is 112 cm³/mol. The first-order chi connectivity index (χ1) is 14.2. The number of anilines is 1. The number of H-pyrrole nitrogens is 1. The third kappa shape index (κ3) is 5.50. The summed E-state index contributed by atoms with van der Waals surface area (Å²) in [7, 11) is 1.62. The molecular weight excluding hydrogens is 372 g/mol. The van der Waals surface area contributed by atoms with Crippen LogP contribution < -0.4 is 20.1 Å². The smallest absolute Gasteiger partial charge is 0.216 e. The largest absolute Gasteiger partial charge is 0.493 e. The van der Waals surface area contributed by atoms with E-state index in [4.69, 9.17) is 13.9 Å². The lowest BCUT2D eigenvalue weighted by molar-refractivity contribution is 0.311. The topological polar surface area (TPSA) is 110 Å². The van der Waals surface area contributed by atoms with E-state index < -0.39 is 0 Å².